The number of nitrogens with two attached hydrogens (primary N) is 1. The van der Waals surface area contributed by atoms with Gasteiger partial charge in [-0.2, -0.15) is 0 Å². The van der Waals surface area contributed by atoms with Crippen molar-refractivity contribution in [3.63, 3.8) is 0 Å². The minimum Gasteiger partial charge on any atom is -0.323 e. The summed E-state index contributed by atoms with van der Waals surface area (Å²) in [6.07, 6.45) is 3.13. The van der Waals surface area contributed by atoms with Crippen LogP contribution in [0.4, 0.5) is 0 Å². The van der Waals surface area contributed by atoms with E-state index in [0.717, 1.165) is 30.6 Å². The highest BCUT2D eigenvalue weighted by atomic mass is 32.2. The molecule has 18 heavy (non-hydrogen) atoms. The van der Waals surface area contributed by atoms with Gasteiger partial charge in [-0.05, 0) is 30.9 Å². The van der Waals surface area contributed by atoms with Gasteiger partial charge in [0.15, 0.2) is 0 Å². The molecule has 0 aliphatic rings. The zero-order valence-electron chi connectivity index (χ0n) is 11.7. The first-order chi connectivity index (χ1) is 8.60. The van der Waals surface area contributed by atoms with E-state index in [0.29, 0.717) is 0 Å². The summed E-state index contributed by atoms with van der Waals surface area (Å²) in [6, 6.07) is 8.22. The van der Waals surface area contributed by atoms with Gasteiger partial charge in [0.1, 0.15) is 0 Å². The predicted octanol–water partition coefficient (Wildman–Crippen LogP) is 3.19. The van der Waals surface area contributed by atoms with E-state index < -0.39 is 10.8 Å². The fraction of sp³-hybridized carbons (Fsp3) is 0.600. The molecule has 3 heteroatoms. The van der Waals surface area contributed by atoms with E-state index in [-0.39, 0.29) is 11.3 Å². The quantitative estimate of drug-likeness (QED) is 0.824. The summed E-state index contributed by atoms with van der Waals surface area (Å²) >= 11 is 0. The number of rotatable bonds is 7. The van der Waals surface area contributed by atoms with Crippen molar-refractivity contribution in [3.8, 4) is 0 Å². The normalized spacial score (nSPS) is 16.2. The molecule has 3 atom stereocenters. The maximum absolute atomic E-state index is 12.1. The average molecular weight is 267 g/mol. The van der Waals surface area contributed by atoms with Gasteiger partial charge in [-0.3, -0.25) is 4.21 Å². The second-order valence-corrected chi connectivity index (χ2v) is 6.68. The first-order valence-electron chi connectivity index (χ1n) is 6.81. The Kier molecular flexibility index (Phi) is 6.58. The molecular formula is C15H25NOS. The molecule has 0 heterocycles. The first kappa shape index (κ1) is 15.4. The van der Waals surface area contributed by atoms with Crippen LogP contribution in [0.5, 0.6) is 0 Å². The Hall–Kier alpha value is -0.670. The fourth-order valence-electron chi connectivity index (χ4n) is 1.88. The lowest BCUT2D eigenvalue weighted by Gasteiger charge is -2.20. The summed E-state index contributed by atoms with van der Waals surface area (Å²) in [5, 5.41) is 0.0176. The molecule has 0 amide bonds. The minimum atomic E-state index is -0.827. The Morgan fingerprint density at radius 1 is 1.22 bits per heavy atom. The molecule has 0 aromatic heterocycles. The van der Waals surface area contributed by atoms with Crippen molar-refractivity contribution in [2.24, 2.45) is 5.73 Å². The molecule has 1 rings (SSSR count). The van der Waals surface area contributed by atoms with Gasteiger partial charge in [-0.25, -0.2) is 0 Å². The molecule has 0 saturated carbocycles. The van der Waals surface area contributed by atoms with Crippen LogP contribution in [0.25, 0.3) is 0 Å². The van der Waals surface area contributed by atoms with Gasteiger partial charge in [0, 0.05) is 22.6 Å². The lowest BCUT2D eigenvalue weighted by Crippen LogP contribution is -2.28. The summed E-state index contributed by atoms with van der Waals surface area (Å²) in [5.41, 5.74) is 8.61. The minimum absolute atomic E-state index is 0.0176. The van der Waals surface area contributed by atoms with Gasteiger partial charge in [0.2, 0.25) is 0 Å². The highest BCUT2D eigenvalue weighted by Gasteiger charge is 2.20. The molecule has 1 aromatic carbocycles. The molecular weight excluding hydrogens is 242 g/mol. The van der Waals surface area contributed by atoms with Crippen molar-refractivity contribution in [1.82, 2.24) is 0 Å². The predicted molar refractivity (Wildman–Crippen MR) is 80.1 cm³/mol. The van der Waals surface area contributed by atoms with E-state index in [2.05, 4.69) is 38.1 Å². The standard InChI is InChI=1S/C15H25NOS/c1-4-6-11-18(17)12(3)15(16)14-9-7-13(5-2)8-10-14/h7-10,12,15H,4-6,11,16H2,1-3H3. The summed E-state index contributed by atoms with van der Waals surface area (Å²) in [6.45, 7) is 6.24. The zero-order valence-corrected chi connectivity index (χ0v) is 12.5. The SMILES string of the molecule is CCCCS(=O)C(C)C(N)c1ccc(CC)cc1. The highest BCUT2D eigenvalue weighted by molar-refractivity contribution is 7.85. The van der Waals surface area contributed by atoms with Gasteiger partial charge in [0.25, 0.3) is 0 Å². The summed E-state index contributed by atoms with van der Waals surface area (Å²) in [5.74, 6) is 0.762. The second-order valence-electron chi connectivity index (χ2n) is 4.76. The molecule has 0 spiro atoms. The van der Waals surface area contributed by atoms with Gasteiger partial charge >= 0.3 is 0 Å². The lowest BCUT2D eigenvalue weighted by atomic mass is 10.0. The van der Waals surface area contributed by atoms with Crippen LogP contribution < -0.4 is 5.73 Å². The van der Waals surface area contributed by atoms with Crippen molar-refractivity contribution in [3.05, 3.63) is 35.4 Å². The third-order valence-corrected chi connectivity index (χ3v) is 5.21. The van der Waals surface area contributed by atoms with Crippen LogP contribution in [0, 0.1) is 0 Å². The second kappa shape index (κ2) is 7.70. The molecule has 0 aliphatic carbocycles. The van der Waals surface area contributed by atoms with Crippen LogP contribution in [0.3, 0.4) is 0 Å². The van der Waals surface area contributed by atoms with Crippen LogP contribution in [0.2, 0.25) is 0 Å². The Bertz CT molecular complexity index is 375. The molecule has 0 aliphatic heterocycles. The molecule has 0 saturated heterocycles. The fourth-order valence-corrected chi connectivity index (χ4v) is 3.31. The molecule has 102 valence electrons. The Morgan fingerprint density at radius 3 is 2.33 bits per heavy atom. The summed E-state index contributed by atoms with van der Waals surface area (Å²) in [7, 11) is -0.827. The van der Waals surface area contributed by atoms with Gasteiger partial charge in [-0.1, -0.05) is 44.5 Å². The van der Waals surface area contributed by atoms with Crippen molar-refractivity contribution >= 4 is 10.8 Å². The Morgan fingerprint density at radius 2 is 1.83 bits per heavy atom. The maximum atomic E-state index is 12.1. The molecule has 0 bridgehead atoms. The molecule has 0 radical (unpaired) electrons. The van der Waals surface area contributed by atoms with E-state index in [1.165, 1.54) is 5.56 Å². The van der Waals surface area contributed by atoms with Crippen LogP contribution >= 0.6 is 0 Å². The van der Waals surface area contributed by atoms with Gasteiger partial charge in [-0.15, -0.1) is 0 Å². The first-order valence-corrected chi connectivity index (χ1v) is 8.19. The highest BCUT2D eigenvalue weighted by Crippen LogP contribution is 2.19. The third kappa shape index (κ3) is 4.21. The zero-order chi connectivity index (χ0) is 13.5. The number of hydrogen-bond donors (Lipinski definition) is 1. The van der Waals surface area contributed by atoms with E-state index >= 15 is 0 Å². The average Bonchev–Trinajstić information content (AvgIpc) is 2.43. The third-order valence-electron chi connectivity index (χ3n) is 3.39. The number of benzene rings is 1. The van der Waals surface area contributed by atoms with Gasteiger partial charge in [0.05, 0.1) is 5.25 Å². The number of unbranched alkanes of at least 4 members (excludes halogenated alkanes) is 1. The molecule has 3 unspecified atom stereocenters. The maximum Gasteiger partial charge on any atom is 0.0512 e. The smallest absolute Gasteiger partial charge is 0.0512 e. The molecule has 1 aromatic rings. The topological polar surface area (TPSA) is 43.1 Å². The van der Waals surface area contributed by atoms with Crippen molar-refractivity contribution in [2.75, 3.05) is 5.75 Å². The lowest BCUT2D eigenvalue weighted by molar-refractivity contribution is 0.640. The molecule has 2 nitrogen and oxygen atoms in total. The number of hydrogen-bond acceptors (Lipinski definition) is 2. The van der Waals surface area contributed by atoms with E-state index in [4.69, 9.17) is 5.73 Å². The summed E-state index contributed by atoms with van der Waals surface area (Å²) in [4.78, 5) is 0. The van der Waals surface area contributed by atoms with Crippen molar-refractivity contribution in [1.29, 1.82) is 0 Å². The van der Waals surface area contributed by atoms with Gasteiger partial charge < -0.3 is 5.73 Å². The Balaban J connectivity index is 2.66. The van der Waals surface area contributed by atoms with E-state index in [9.17, 15) is 4.21 Å². The monoisotopic (exact) mass is 267 g/mol. The molecule has 0 fully saturated rings. The van der Waals surface area contributed by atoms with E-state index in [1.807, 2.05) is 6.92 Å². The van der Waals surface area contributed by atoms with E-state index in [1.54, 1.807) is 0 Å². The van der Waals surface area contributed by atoms with Crippen LogP contribution in [0.1, 0.15) is 50.8 Å². The van der Waals surface area contributed by atoms with Crippen LogP contribution in [0.15, 0.2) is 24.3 Å². The Labute approximate surface area is 113 Å². The number of aryl methyl sites for hydroxylation is 1. The van der Waals surface area contributed by atoms with Crippen molar-refractivity contribution < 1.29 is 4.21 Å². The van der Waals surface area contributed by atoms with Crippen molar-refractivity contribution in [2.45, 2.75) is 51.3 Å². The summed E-state index contributed by atoms with van der Waals surface area (Å²) < 4.78 is 12.1. The van der Waals surface area contributed by atoms with Crippen LogP contribution in [-0.2, 0) is 17.2 Å². The largest absolute Gasteiger partial charge is 0.323 e. The van der Waals surface area contributed by atoms with Crippen LogP contribution in [-0.4, -0.2) is 15.2 Å². The molecule has 2 N–H and O–H groups in total.